The van der Waals surface area contributed by atoms with E-state index >= 15 is 0 Å². The standard InChI is InChI=1S/C11H19N3O4S/c1-7-10(9(3)18-12-7)6-14(4)11(15)8(2)13-19(5,16)17/h8,13H,6H2,1-5H3. The number of likely N-dealkylation sites (N-methyl/N-ethyl adjacent to an activating group) is 1. The van der Waals surface area contributed by atoms with Gasteiger partial charge in [0.25, 0.3) is 0 Å². The maximum absolute atomic E-state index is 12.0. The van der Waals surface area contributed by atoms with Crippen molar-refractivity contribution in [1.82, 2.24) is 14.8 Å². The van der Waals surface area contributed by atoms with Gasteiger partial charge in [0.15, 0.2) is 0 Å². The lowest BCUT2D eigenvalue weighted by molar-refractivity contribution is -0.131. The van der Waals surface area contributed by atoms with Crippen molar-refractivity contribution in [3.8, 4) is 0 Å². The van der Waals surface area contributed by atoms with Crippen molar-refractivity contribution < 1.29 is 17.7 Å². The molecule has 0 aliphatic carbocycles. The van der Waals surface area contributed by atoms with Gasteiger partial charge in [-0.3, -0.25) is 4.79 Å². The molecule has 7 nitrogen and oxygen atoms in total. The number of sulfonamides is 1. The first-order valence-corrected chi connectivity index (χ1v) is 7.65. The fraction of sp³-hybridized carbons (Fsp3) is 0.636. The molecule has 8 heteroatoms. The van der Waals surface area contributed by atoms with E-state index in [1.165, 1.54) is 11.8 Å². The van der Waals surface area contributed by atoms with Crippen LogP contribution < -0.4 is 4.72 Å². The summed E-state index contributed by atoms with van der Waals surface area (Å²) in [4.78, 5) is 13.5. The van der Waals surface area contributed by atoms with Crippen LogP contribution in [0, 0.1) is 13.8 Å². The van der Waals surface area contributed by atoms with Crippen LogP contribution in [-0.2, 0) is 21.4 Å². The van der Waals surface area contributed by atoms with Crippen LogP contribution in [-0.4, -0.2) is 43.7 Å². The molecule has 0 aliphatic rings. The maximum Gasteiger partial charge on any atom is 0.240 e. The average molecular weight is 289 g/mol. The molecule has 0 saturated heterocycles. The summed E-state index contributed by atoms with van der Waals surface area (Å²) in [5.74, 6) is 0.339. The van der Waals surface area contributed by atoms with Gasteiger partial charge in [0.1, 0.15) is 5.76 Å². The lowest BCUT2D eigenvalue weighted by Gasteiger charge is -2.21. The van der Waals surface area contributed by atoms with E-state index in [1.54, 1.807) is 20.9 Å². The van der Waals surface area contributed by atoms with Crippen molar-refractivity contribution in [2.45, 2.75) is 33.4 Å². The summed E-state index contributed by atoms with van der Waals surface area (Å²) in [5, 5.41) is 3.81. The van der Waals surface area contributed by atoms with E-state index < -0.39 is 16.1 Å². The topological polar surface area (TPSA) is 92.5 Å². The lowest BCUT2D eigenvalue weighted by atomic mass is 10.2. The summed E-state index contributed by atoms with van der Waals surface area (Å²) in [6.45, 7) is 5.40. The minimum atomic E-state index is -3.41. The number of nitrogens with one attached hydrogen (secondary N) is 1. The SMILES string of the molecule is Cc1noc(C)c1CN(C)C(=O)C(C)NS(C)(=O)=O. The highest BCUT2D eigenvalue weighted by molar-refractivity contribution is 7.88. The Morgan fingerprint density at radius 2 is 2.05 bits per heavy atom. The third-order valence-corrected chi connectivity index (χ3v) is 3.50. The zero-order valence-electron chi connectivity index (χ0n) is 11.7. The number of carbonyl (C=O) groups excluding carboxylic acids is 1. The first kappa shape index (κ1) is 15.6. The Morgan fingerprint density at radius 1 is 1.47 bits per heavy atom. The van der Waals surface area contributed by atoms with Gasteiger partial charge in [0.2, 0.25) is 15.9 Å². The second kappa shape index (κ2) is 5.70. The molecule has 0 saturated carbocycles. The molecule has 1 aromatic rings. The molecule has 1 aromatic heterocycles. The summed E-state index contributed by atoms with van der Waals surface area (Å²) < 4.78 is 29.4. The van der Waals surface area contributed by atoms with Crippen molar-refractivity contribution in [3.05, 3.63) is 17.0 Å². The predicted octanol–water partition coefficient (Wildman–Crippen LogP) is 0.188. The van der Waals surface area contributed by atoms with Gasteiger partial charge in [-0.15, -0.1) is 0 Å². The molecule has 1 heterocycles. The molecular weight excluding hydrogens is 270 g/mol. The third kappa shape index (κ3) is 4.32. The first-order chi connectivity index (χ1) is 8.61. The predicted molar refractivity (Wildman–Crippen MR) is 69.9 cm³/mol. The Balaban J connectivity index is 2.73. The fourth-order valence-corrected chi connectivity index (χ4v) is 2.49. The molecular formula is C11H19N3O4S. The molecule has 0 spiro atoms. The highest BCUT2D eigenvalue weighted by atomic mass is 32.2. The molecule has 1 amide bonds. The van der Waals surface area contributed by atoms with Gasteiger partial charge in [-0.05, 0) is 20.8 Å². The Bertz CT molecular complexity index is 545. The second-order valence-corrected chi connectivity index (χ2v) is 6.39. The molecule has 1 rings (SSSR count). The summed E-state index contributed by atoms with van der Waals surface area (Å²) in [6, 6.07) is -0.805. The number of nitrogens with zero attached hydrogens (tertiary/aromatic N) is 2. The molecule has 108 valence electrons. The van der Waals surface area contributed by atoms with Gasteiger partial charge in [0, 0.05) is 12.6 Å². The Hall–Kier alpha value is -1.41. The summed E-state index contributed by atoms with van der Waals surface area (Å²) in [6.07, 6.45) is 1.02. The van der Waals surface area contributed by atoms with Crippen LogP contribution in [0.1, 0.15) is 23.9 Å². The number of rotatable bonds is 5. The monoisotopic (exact) mass is 289 g/mol. The number of aromatic nitrogens is 1. The van der Waals surface area contributed by atoms with E-state index in [-0.39, 0.29) is 5.91 Å². The number of carbonyl (C=O) groups is 1. The molecule has 0 bridgehead atoms. The molecule has 0 radical (unpaired) electrons. The largest absolute Gasteiger partial charge is 0.361 e. The van der Waals surface area contributed by atoms with Crippen LogP contribution in [0.15, 0.2) is 4.52 Å². The molecule has 0 aromatic carbocycles. The summed E-state index contributed by atoms with van der Waals surface area (Å²) >= 11 is 0. The molecule has 0 fully saturated rings. The first-order valence-electron chi connectivity index (χ1n) is 5.76. The van der Waals surface area contributed by atoms with Gasteiger partial charge in [-0.25, -0.2) is 13.1 Å². The Kier molecular flexibility index (Phi) is 4.70. The highest BCUT2D eigenvalue weighted by Gasteiger charge is 2.22. The zero-order valence-corrected chi connectivity index (χ0v) is 12.5. The normalized spacial score (nSPS) is 13.3. The number of hydrogen-bond acceptors (Lipinski definition) is 5. The molecule has 19 heavy (non-hydrogen) atoms. The van der Waals surface area contributed by atoms with E-state index in [2.05, 4.69) is 9.88 Å². The molecule has 1 N–H and O–H groups in total. The van der Waals surface area contributed by atoms with Crippen LogP contribution in [0.25, 0.3) is 0 Å². The van der Waals surface area contributed by atoms with Gasteiger partial charge in [0.05, 0.1) is 24.5 Å². The van der Waals surface area contributed by atoms with Crippen LogP contribution in [0.5, 0.6) is 0 Å². The quantitative estimate of drug-likeness (QED) is 0.835. The third-order valence-electron chi connectivity index (χ3n) is 2.71. The van der Waals surface area contributed by atoms with Crippen LogP contribution in [0.3, 0.4) is 0 Å². The minimum Gasteiger partial charge on any atom is -0.361 e. The zero-order chi connectivity index (χ0) is 14.8. The maximum atomic E-state index is 12.0. The smallest absolute Gasteiger partial charge is 0.240 e. The van der Waals surface area contributed by atoms with E-state index in [4.69, 9.17) is 4.52 Å². The Labute approximate surface area is 113 Å². The average Bonchev–Trinajstić information content (AvgIpc) is 2.57. The van der Waals surface area contributed by atoms with E-state index in [0.717, 1.165) is 17.5 Å². The number of hydrogen-bond donors (Lipinski definition) is 1. The second-order valence-electron chi connectivity index (χ2n) is 4.61. The van der Waals surface area contributed by atoms with Crippen molar-refractivity contribution in [1.29, 1.82) is 0 Å². The lowest BCUT2D eigenvalue weighted by Crippen LogP contribution is -2.44. The number of amides is 1. The van der Waals surface area contributed by atoms with Gasteiger partial charge >= 0.3 is 0 Å². The van der Waals surface area contributed by atoms with Crippen molar-refractivity contribution in [3.63, 3.8) is 0 Å². The van der Waals surface area contributed by atoms with Gasteiger partial charge in [-0.1, -0.05) is 5.16 Å². The summed E-state index contributed by atoms with van der Waals surface area (Å²) in [5.41, 5.74) is 1.56. The van der Waals surface area contributed by atoms with E-state index in [0.29, 0.717) is 12.3 Å². The van der Waals surface area contributed by atoms with Gasteiger partial charge in [-0.2, -0.15) is 0 Å². The fourth-order valence-electron chi connectivity index (χ4n) is 1.74. The van der Waals surface area contributed by atoms with Crippen molar-refractivity contribution >= 4 is 15.9 Å². The van der Waals surface area contributed by atoms with Crippen molar-refractivity contribution in [2.75, 3.05) is 13.3 Å². The van der Waals surface area contributed by atoms with Crippen LogP contribution >= 0.6 is 0 Å². The van der Waals surface area contributed by atoms with Crippen molar-refractivity contribution in [2.24, 2.45) is 0 Å². The summed E-state index contributed by atoms with van der Waals surface area (Å²) in [7, 11) is -1.80. The highest BCUT2D eigenvalue weighted by Crippen LogP contribution is 2.14. The number of aryl methyl sites for hydroxylation is 2. The molecule has 1 atom stereocenters. The Morgan fingerprint density at radius 3 is 2.47 bits per heavy atom. The minimum absolute atomic E-state index is 0.314. The van der Waals surface area contributed by atoms with Crippen LogP contribution in [0.4, 0.5) is 0 Å². The van der Waals surface area contributed by atoms with E-state index in [9.17, 15) is 13.2 Å². The molecule has 0 aliphatic heterocycles. The van der Waals surface area contributed by atoms with E-state index in [1.807, 2.05) is 0 Å². The van der Waals surface area contributed by atoms with Crippen LogP contribution in [0.2, 0.25) is 0 Å². The molecule has 1 unspecified atom stereocenters. The van der Waals surface area contributed by atoms with Gasteiger partial charge < -0.3 is 9.42 Å².